The molecule has 0 spiro atoms. The first-order valence-corrected chi connectivity index (χ1v) is 15.3. The molecule has 0 saturated carbocycles. The monoisotopic (exact) mass is 640 g/mol. The van der Waals surface area contributed by atoms with Crippen molar-refractivity contribution >= 4 is 27.9 Å². The zero-order chi connectivity index (χ0) is 33.7. The van der Waals surface area contributed by atoms with Crippen molar-refractivity contribution in [1.29, 1.82) is 0 Å². The number of ether oxygens (including phenoxy) is 3. The largest absolute Gasteiger partial charge is 0.508 e. The highest BCUT2D eigenvalue weighted by molar-refractivity contribution is 7.93. The number of halogens is 3. The van der Waals surface area contributed by atoms with E-state index in [9.17, 15) is 42.0 Å². The van der Waals surface area contributed by atoms with Crippen molar-refractivity contribution in [3.63, 3.8) is 0 Å². The van der Waals surface area contributed by atoms with Crippen LogP contribution in [0.15, 0.2) is 28.6 Å². The summed E-state index contributed by atoms with van der Waals surface area (Å²) in [6.45, 7) is 13.9. The molecule has 0 heterocycles. The van der Waals surface area contributed by atoms with E-state index in [0.29, 0.717) is 0 Å². The summed E-state index contributed by atoms with van der Waals surface area (Å²) in [4.78, 5) is 37.9. The van der Waals surface area contributed by atoms with E-state index < -0.39 is 92.4 Å². The van der Waals surface area contributed by atoms with E-state index in [-0.39, 0.29) is 5.75 Å². The molecule has 0 aromatic heterocycles. The Kier molecular flexibility index (Phi) is 12.1. The zero-order valence-corrected chi connectivity index (χ0v) is 26.8. The fourth-order valence-corrected chi connectivity index (χ4v) is 5.39. The van der Waals surface area contributed by atoms with Crippen LogP contribution in [0, 0.1) is 0 Å². The van der Waals surface area contributed by atoms with Gasteiger partial charge < -0.3 is 29.7 Å². The number of alkyl halides is 3. The van der Waals surface area contributed by atoms with E-state index in [2.05, 4.69) is 9.68 Å². The standard InChI is InChI=1S/C28H43F3N2O9S/c1-24(2,3)40-21(35)20(32-22(36)41-25(4,5)6)14-16-43(39,33-23(37)42-26(7,8)9)17-15-27(38,28(29,30)31)18-10-12-19(34)13-11-18/h10-13,20,34,38H,14-17H2,1-9H3,(H,32,36)/t20-,27?,43?/m0/s1. The number of hydrogen-bond donors (Lipinski definition) is 3. The van der Waals surface area contributed by atoms with Gasteiger partial charge in [0.15, 0.2) is 5.60 Å². The first kappa shape index (κ1) is 38.0. The van der Waals surface area contributed by atoms with Gasteiger partial charge in [0.1, 0.15) is 28.6 Å². The van der Waals surface area contributed by atoms with Gasteiger partial charge in [-0.15, -0.1) is 4.36 Å². The minimum absolute atomic E-state index is 0.345. The van der Waals surface area contributed by atoms with Crippen LogP contribution in [-0.2, 0) is 34.3 Å². The molecule has 2 unspecified atom stereocenters. The molecule has 43 heavy (non-hydrogen) atoms. The van der Waals surface area contributed by atoms with Crippen molar-refractivity contribution < 1.29 is 56.2 Å². The van der Waals surface area contributed by atoms with Crippen molar-refractivity contribution in [3.8, 4) is 5.75 Å². The lowest BCUT2D eigenvalue weighted by atomic mass is 9.90. The Labute approximate surface area is 250 Å². The van der Waals surface area contributed by atoms with E-state index in [1.807, 2.05) is 0 Å². The van der Waals surface area contributed by atoms with E-state index in [1.54, 1.807) is 41.5 Å². The van der Waals surface area contributed by atoms with E-state index in [4.69, 9.17) is 14.2 Å². The highest BCUT2D eigenvalue weighted by atomic mass is 32.2. The second-order valence-corrected chi connectivity index (χ2v) is 15.5. The third-order valence-corrected chi connectivity index (χ3v) is 7.54. The van der Waals surface area contributed by atoms with Crippen LogP contribution in [0.1, 0.15) is 80.7 Å². The third kappa shape index (κ3) is 13.4. The smallest absolute Gasteiger partial charge is 0.442 e. The summed E-state index contributed by atoms with van der Waals surface area (Å²) in [5.74, 6) is -2.93. The summed E-state index contributed by atoms with van der Waals surface area (Å²) < 4.78 is 75.7. The quantitative estimate of drug-likeness (QED) is 0.232. The second kappa shape index (κ2) is 13.7. The van der Waals surface area contributed by atoms with Crippen molar-refractivity contribution in [3.05, 3.63) is 29.8 Å². The van der Waals surface area contributed by atoms with Gasteiger partial charge in [0.05, 0.1) is 9.73 Å². The number of nitrogens with zero attached hydrogens (tertiary/aromatic N) is 1. The van der Waals surface area contributed by atoms with Gasteiger partial charge in [0.2, 0.25) is 0 Å². The lowest BCUT2D eigenvalue weighted by Crippen LogP contribution is -2.47. The van der Waals surface area contributed by atoms with Crippen molar-refractivity contribution in [2.75, 3.05) is 11.5 Å². The molecular formula is C28H43F3N2O9S. The number of aromatic hydroxyl groups is 1. The summed E-state index contributed by atoms with van der Waals surface area (Å²) in [5, 5.41) is 22.6. The maximum atomic E-state index is 14.2. The van der Waals surface area contributed by atoms with Crippen molar-refractivity contribution in [2.24, 2.45) is 4.36 Å². The van der Waals surface area contributed by atoms with E-state index in [0.717, 1.165) is 24.3 Å². The molecule has 0 aliphatic heterocycles. The van der Waals surface area contributed by atoms with Crippen LogP contribution in [0.3, 0.4) is 0 Å². The van der Waals surface area contributed by atoms with Crippen LogP contribution < -0.4 is 5.32 Å². The lowest BCUT2D eigenvalue weighted by molar-refractivity contribution is -0.267. The number of aliphatic hydroxyl groups is 1. The fraction of sp³-hybridized carbons (Fsp3) is 0.679. The van der Waals surface area contributed by atoms with E-state index in [1.165, 1.54) is 20.8 Å². The zero-order valence-electron chi connectivity index (χ0n) is 26.0. The van der Waals surface area contributed by atoms with Crippen molar-refractivity contribution in [1.82, 2.24) is 5.32 Å². The molecule has 0 fully saturated rings. The first-order chi connectivity index (χ1) is 19.1. The van der Waals surface area contributed by atoms with Gasteiger partial charge in [-0.3, -0.25) is 0 Å². The third-order valence-electron chi connectivity index (χ3n) is 5.34. The average Bonchev–Trinajstić information content (AvgIpc) is 2.76. The van der Waals surface area contributed by atoms with Crippen LogP contribution in [-0.4, -0.2) is 73.1 Å². The number of carbonyl (C=O) groups is 3. The van der Waals surface area contributed by atoms with Gasteiger partial charge in [0.25, 0.3) is 0 Å². The Hall–Kier alpha value is -3.07. The number of phenols is 1. The Morgan fingerprint density at radius 1 is 0.860 bits per heavy atom. The highest BCUT2D eigenvalue weighted by Crippen LogP contribution is 2.42. The number of hydrogen-bond acceptors (Lipinski definition) is 9. The number of esters is 1. The number of rotatable bonds is 9. The van der Waals surface area contributed by atoms with Crippen LogP contribution >= 0.6 is 0 Å². The summed E-state index contributed by atoms with van der Waals surface area (Å²) in [6.07, 6.45) is -9.29. The van der Waals surface area contributed by atoms with Crippen molar-refractivity contribution in [2.45, 2.75) is 110 Å². The summed E-state index contributed by atoms with van der Waals surface area (Å²) >= 11 is 0. The number of benzene rings is 1. The minimum Gasteiger partial charge on any atom is -0.508 e. The van der Waals surface area contributed by atoms with Gasteiger partial charge in [0, 0.05) is 17.9 Å². The number of carbonyl (C=O) groups excluding carboxylic acids is 3. The lowest BCUT2D eigenvalue weighted by Gasteiger charge is -2.31. The molecule has 0 bridgehead atoms. The molecule has 1 aromatic rings. The number of alkyl carbamates (subject to hydrolysis) is 1. The number of amides is 2. The SMILES string of the molecule is CC(C)(C)OC(=O)N=S(=O)(CC[C@H](NC(=O)OC(C)(C)C)C(=O)OC(C)(C)C)CCC(O)(c1ccc(O)cc1)C(F)(F)F. The molecule has 0 saturated heterocycles. The number of nitrogens with one attached hydrogen (secondary N) is 1. The molecule has 2 amide bonds. The predicted octanol–water partition coefficient (Wildman–Crippen LogP) is 5.56. The minimum atomic E-state index is -5.26. The summed E-state index contributed by atoms with van der Waals surface area (Å²) in [6, 6.07) is 2.13. The Morgan fingerprint density at radius 2 is 1.35 bits per heavy atom. The van der Waals surface area contributed by atoms with E-state index >= 15 is 0 Å². The molecule has 0 radical (unpaired) electrons. The van der Waals surface area contributed by atoms with Crippen LogP contribution in [0.5, 0.6) is 5.75 Å². The van der Waals surface area contributed by atoms with Gasteiger partial charge in [-0.05, 0) is 86.4 Å². The number of phenolic OH excluding ortho intramolecular Hbond substituents is 1. The normalized spacial score (nSPS) is 16.2. The van der Waals surface area contributed by atoms with Crippen LogP contribution in [0.25, 0.3) is 0 Å². The average molecular weight is 641 g/mol. The molecular weight excluding hydrogens is 597 g/mol. The molecule has 0 aliphatic rings. The Morgan fingerprint density at radius 3 is 1.79 bits per heavy atom. The topological polar surface area (TPSA) is 161 Å². The van der Waals surface area contributed by atoms with Gasteiger partial charge >= 0.3 is 24.3 Å². The maximum absolute atomic E-state index is 14.2. The molecule has 15 heteroatoms. The molecule has 1 rings (SSSR count). The Bertz CT molecular complexity index is 1250. The maximum Gasteiger partial charge on any atom is 0.442 e. The summed E-state index contributed by atoms with van der Waals surface area (Å²) in [5.41, 5.74) is -7.21. The molecule has 0 aliphatic carbocycles. The second-order valence-electron chi connectivity index (χ2n) is 12.9. The van der Waals surface area contributed by atoms with Gasteiger partial charge in [-0.1, -0.05) is 12.1 Å². The molecule has 3 atom stereocenters. The fourth-order valence-electron chi connectivity index (χ4n) is 3.48. The summed E-state index contributed by atoms with van der Waals surface area (Å²) in [7, 11) is -3.97. The molecule has 1 aromatic carbocycles. The first-order valence-electron chi connectivity index (χ1n) is 13.4. The molecule has 3 N–H and O–H groups in total. The van der Waals surface area contributed by atoms with Crippen LogP contribution in [0.4, 0.5) is 22.8 Å². The molecule has 11 nitrogen and oxygen atoms in total. The Balaban J connectivity index is 3.49. The van der Waals surface area contributed by atoms with Gasteiger partial charge in [-0.25, -0.2) is 18.6 Å². The molecule has 246 valence electrons. The predicted molar refractivity (Wildman–Crippen MR) is 153 cm³/mol. The highest BCUT2D eigenvalue weighted by Gasteiger charge is 2.55. The van der Waals surface area contributed by atoms with Gasteiger partial charge in [-0.2, -0.15) is 13.2 Å². The van der Waals surface area contributed by atoms with Crippen LogP contribution in [0.2, 0.25) is 0 Å².